The molecule has 12 heteroatoms. The van der Waals surface area contributed by atoms with Gasteiger partial charge in [-0.2, -0.15) is 0 Å². The number of hydrogen-bond donors (Lipinski definition) is 1. The van der Waals surface area contributed by atoms with Crippen LogP contribution in [0.4, 0.5) is 5.69 Å². The molecule has 2 aromatic carbocycles. The topological polar surface area (TPSA) is 110 Å². The predicted octanol–water partition coefficient (Wildman–Crippen LogP) is 5.50. The lowest BCUT2D eigenvalue weighted by atomic mass is 9.79. The molecule has 36 heavy (non-hydrogen) atoms. The monoisotopic (exact) mass is 568 g/mol. The second-order valence-electron chi connectivity index (χ2n) is 8.45. The molecule has 1 amide bonds. The van der Waals surface area contributed by atoms with Crippen molar-refractivity contribution in [2.75, 3.05) is 5.08 Å². The summed E-state index contributed by atoms with van der Waals surface area (Å²) in [5, 5.41) is 22.4. The van der Waals surface area contributed by atoms with E-state index in [9.17, 15) is 24.8 Å². The fraction of sp³-hybridized carbons (Fsp3) is 0.333. The number of carbonyl (C=O) groups is 2. The first-order chi connectivity index (χ1) is 17.1. The lowest BCUT2D eigenvalue weighted by Crippen LogP contribution is -2.63. The second-order valence-corrected chi connectivity index (χ2v) is 11.7. The third kappa shape index (κ3) is 5.24. The maximum absolute atomic E-state index is 13.2. The Morgan fingerprint density at radius 2 is 1.89 bits per heavy atom. The summed E-state index contributed by atoms with van der Waals surface area (Å²) in [4.78, 5) is 39.4. The molecule has 0 radical (unpaired) electrons. The molecule has 8 nitrogen and oxygen atoms in total. The SMILES string of the molecule is C[C@@H](O)[C@@H]1C(=O)N2C(C(=O)OCc3ccc([N+](=O)[O-])cc3)=C(SCSc3ccc(Cl)c(Cl)c3)[C@H](C)[C@H]12. The number of β-lactam (4-membered cyclic amide) rings is 1. The van der Waals surface area contributed by atoms with Crippen LogP contribution >= 0.6 is 46.7 Å². The van der Waals surface area contributed by atoms with Crippen molar-refractivity contribution in [2.24, 2.45) is 11.8 Å². The number of nitro benzene ring substituents is 1. The average Bonchev–Trinajstić information content (AvgIpc) is 3.08. The number of hydrogen-bond acceptors (Lipinski definition) is 8. The van der Waals surface area contributed by atoms with Crippen molar-refractivity contribution in [2.45, 2.75) is 37.5 Å². The van der Waals surface area contributed by atoms with Crippen LogP contribution in [0.1, 0.15) is 19.4 Å². The first kappa shape index (κ1) is 26.8. The Hall–Kier alpha value is -2.24. The fourth-order valence-electron chi connectivity index (χ4n) is 4.36. The van der Waals surface area contributed by atoms with Crippen LogP contribution in [-0.4, -0.2) is 44.0 Å². The molecule has 2 aromatic rings. The van der Waals surface area contributed by atoms with E-state index < -0.39 is 22.9 Å². The molecule has 4 atom stereocenters. The number of thioether (sulfide) groups is 2. The number of carbonyl (C=O) groups excluding carboxylic acids is 2. The Morgan fingerprint density at radius 3 is 2.50 bits per heavy atom. The van der Waals surface area contributed by atoms with Crippen molar-refractivity contribution in [1.29, 1.82) is 0 Å². The third-order valence-electron chi connectivity index (χ3n) is 6.15. The number of esters is 1. The van der Waals surface area contributed by atoms with Crippen molar-refractivity contribution >= 4 is 64.3 Å². The first-order valence-corrected chi connectivity index (χ1v) is 13.7. The van der Waals surface area contributed by atoms with Crippen molar-refractivity contribution in [3.63, 3.8) is 0 Å². The minimum Gasteiger partial charge on any atom is -0.456 e. The quantitative estimate of drug-likeness (QED) is 0.105. The lowest BCUT2D eigenvalue weighted by Gasteiger charge is -2.46. The average molecular weight is 569 g/mol. The summed E-state index contributed by atoms with van der Waals surface area (Å²) in [5.41, 5.74) is 0.711. The van der Waals surface area contributed by atoms with Gasteiger partial charge < -0.3 is 14.7 Å². The number of rotatable bonds is 9. The van der Waals surface area contributed by atoms with E-state index in [2.05, 4.69) is 0 Å². The maximum atomic E-state index is 13.2. The third-order valence-corrected chi connectivity index (χ3v) is 9.30. The minimum atomic E-state index is -0.839. The zero-order chi connectivity index (χ0) is 26.1. The number of halogens is 2. The summed E-state index contributed by atoms with van der Waals surface area (Å²) in [6.45, 7) is 3.41. The van der Waals surface area contributed by atoms with E-state index in [1.807, 2.05) is 13.0 Å². The van der Waals surface area contributed by atoms with Gasteiger partial charge in [0.15, 0.2) is 0 Å². The Balaban J connectivity index is 1.51. The van der Waals surface area contributed by atoms with Gasteiger partial charge in [-0.1, -0.05) is 30.1 Å². The van der Waals surface area contributed by atoms with Gasteiger partial charge in [-0.15, -0.1) is 23.5 Å². The van der Waals surface area contributed by atoms with E-state index in [1.165, 1.54) is 52.7 Å². The van der Waals surface area contributed by atoms with Crippen LogP contribution in [0, 0.1) is 22.0 Å². The van der Waals surface area contributed by atoms with E-state index in [0.29, 0.717) is 20.7 Å². The molecule has 0 spiro atoms. The number of aliphatic hydroxyl groups excluding tert-OH is 1. The number of non-ortho nitro benzene ring substituents is 1. The molecule has 2 aliphatic rings. The summed E-state index contributed by atoms with van der Waals surface area (Å²) >= 11 is 15.0. The molecule has 0 saturated carbocycles. The number of nitro groups is 1. The molecule has 2 aliphatic heterocycles. The molecule has 1 saturated heterocycles. The van der Waals surface area contributed by atoms with Gasteiger partial charge in [0.25, 0.3) is 5.69 Å². The zero-order valence-electron chi connectivity index (χ0n) is 19.2. The molecule has 4 rings (SSSR count). The number of nitrogens with zero attached hydrogens (tertiary/aromatic N) is 2. The van der Waals surface area contributed by atoms with Crippen LogP contribution in [-0.2, 0) is 20.9 Å². The van der Waals surface area contributed by atoms with Crippen molar-refractivity contribution in [3.05, 3.63) is 78.8 Å². The first-order valence-electron chi connectivity index (χ1n) is 11.0. The number of fused-ring (bicyclic) bond motifs is 1. The smallest absolute Gasteiger partial charge is 0.356 e. The van der Waals surface area contributed by atoms with Crippen LogP contribution in [0.25, 0.3) is 0 Å². The number of amides is 1. The Bertz CT molecular complexity index is 1240. The molecule has 1 fully saturated rings. The largest absolute Gasteiger partial charge is 0.456 e. The summed E-state index contributed by atoms with van der Waals surface area (Å²) < 4.78 is 5.51. The maximum Gasteiger partial charge on any atom is 0.356 e. The Labute approximate surface area is 226 Å². The standard InChI is InChI=1S/C24H22Cl2N2O6S2/c1-12-20-19(13(2)29)23(30)27(20)21(22(12)36-11-35-16-7-8-17(25)18(26)9-16)24(31)34-10-14-3-5-15(6-4-14)28(32)33/h3-9,12-13,19-20,29H,10-11H2,1-2H3/t12-,13-,19+,20-/m1/s1. The van der Waals surface area contributed by atoms with Crippen LogP contribution in [0.5, 0.6) is 0 Å². The van der Waals surface area contributed by atoms with E-state index in [0.717, 1.165) is 9.80 Å². The van der Waals surface area contributed by atoms with Crippen LogP contribution in [0.15, 0.2) is 58.0 Å². The Kier molecular flexibility index (Phi) is 8.21. The molecule has 1 N–H and O–H groups in total. The number of benzene rings is 2. The molecule has 0 aromatic heterocycles. The van der Waals surface area contributed by atoms with E-state index >= 15 is 0 Å². The highest BCUT2D eigenvalue weighted by Gasteiger charge is 2.60. The van der Waals surface area contributed by atoms with Gasteiger partial charge in [0, 0.05) is 32.9 Å². The van der Waals surface area contributed by atoms with E-state index in [4.69, 9.17) is 27.9 Å². The molecular weight excluding hydrogens is 547 g/mol. The van der Waals surface area contributed by atoms with Gasteiger partial charge in [0.2, 0.25) is 5.91 Å². The van der Waals surface area contributed by atoms with Crippen LogP contribution in [0.2, 0.25) is 10.0 Å². The summed E-state index contributed by atoms with van der Waals surface area (Å²) in [6.07, 6.45) is -0.839. The normalized spacial score (nSPS) is 21.8. The molecule has 190 valence electrons. The van der Waals surface area contributed by atoms with Crippen molar-refractivity contribution in [1.82, 2.24) is 4.90 Å². The second kappa shape index (κ2) is 11.0. The fourth-order valence-corrected chi connectivity index (χ4v) is 7.10. The lowest BCUT2D eigenvalue weighted by molar-refractivity contribution is -0.384. The summed E-state index contributed by atoms with van der Waals surface area (Å²) in [7, 11) is 0. The number of ether oxygens (including phenoxy) is 1. The molecular formula is C24H22Cl2N2O6S2. The summed E-state index contributed by atoms with van der Waals surface area (Å²) in [6, 6.07) is 10.7. The highest BCUT2D eigenvalue weighted by Crippen LogP contribution is 2.51. The van der Waals surface area contributed by atoms with E-state index in [-0.39, 0.29) is 35.9 Å². The van der Waals surface area contributed by atoms with Crippen LogP contribution < -0.4 is 0 Å². The molecule has 0 aliphatic carbocycles. The van der Waals surface area contributed by atoms with Crippen molar-refractivity contribution in [3.8, 4) is 0 Å². The van der Waals surface area contributed by atoms with Gasteiger partial charge in [-0.3, -0.25) is 14.9 Å². The highest BCUT2D eigenvalue weighted by molar-refractivity contribution is 8.17. The summed E-state index contributed by atoms with van der Waals surface area (Å²) in [5.74, 6) is -1.71. The zero-order valence-corrected chi connectivity index (χ0v) is 22.4. The van der Waals surface area contributed by atoms with Crippen molar-refractivity contribution < 1.29 is 24.4 Å². The minimum absolute atomic E-state index is 0.0613. The number of aliphatic hydroxyl groups is 1. The van der Waals surface area contributed by atoms with Crippen LogP contribution in [0.3, 0.4) is 0 Å². The van der Waals surface area contributed by atoms with E-state index in [1.54, 1.807) is 19.1 Å². The highest BCUT2D eigenvalue weighted by atomic mass is 35.5. The van der Waals surface area contributed by atoms with Gasteiger partial charge in [0.05, 0.1) is 33.0 Å². The molecule has 2 heterocycles. The predicted molar refractivity (Wildman–Crippen MR) is 140 cm³/mol. The molecule has 0 unspecified atom stereocenters. The van der Waals surface area contributed by atoms with Gasteiger partial charge in [0.1, 0.15) is 12.3 Å². The molecule has 0 bridgehead atoms. The van der Waals surface area contributed by atoms with Gasteiger partial charge >= 0.3 is 5.97 Å². The van der Waals surface area contributed by atoms with Gasteiger partial charge in [-0.25, -0.2) is 4.79 Å². The Morgan fingerprint density at radius 1 is 1.19 bits per heavy atom. The van der Waals surface area contributed by atoms with Gasteiger partial charge in [-0.05, 0) is 42.8 Å².